The second-order valence-corrected chi connectivity index (χ2v) is 35.4. The minimum atomic E-state index is -0.625. The third-order valence-electron chi connectivity index (χ3n) is 28.6. The van der Waals surface area contributed by atoms with Crippen LogP contribution in [0.2, 0.25) is 0 Å². The Balaban J connectivity index is 0.000000142. The first-order valence-corrected chi connectivity index (χ1v) is 45.2. The Morgan fingerprint density at radius 3 is 0.800 bits per heavy atom. The molecule has 2 spiro atoms. The van der Waals surface area contributed by atoms with Gasteiger partial charge in [0.15, 0.2) is 0 Å². The van der Waals surface area contributed by atoms with E-state index >= 15 is 0 Å². The van der Waals surface area contributed by atoms with Gasteiger partial charge in [-0.3, -0.25) is 0 Å². The van der Waals surface area contributed by atoms with Crippen LogP contribution in [0.25, 0.3) is 111 Å². The lowest BCUT2D eigenvalue weighted by Gasteiger charge is -2.50. The van der Waals surface area contributed by atoms with Gasteiger partial charge in [-0.05, 0) is 195 Å². The number of anilines is 6. The lowest BCUT2D eigenvalue weighted by atomic mass is 9.51. The highest BCUT2D eigenvalue weighted by Gasteiger charge is 2.58. The molecule has 2 aromatic heterocycles. The molecule has 4 heteroatoms. The summed E-state index contributed by atoms with van der Waals surface area (Å²) in [6.45, 7) is 4.77. The number of para-hydroxylation sites is 4. The SMILES string of the molecule is CC1(C)c2ccccc2C2(c3ccccc3-c3c(N(c4ccc(-c5ccccc5)cc4)c4ccc(-c5cccc6c5oc5ccccc56)cc4)cccc32)c2ccccc21.c1ccc(-c2ccc(N(c3ccc(-c4cccc5c4oc4ccccc45)cc3)c3cccc4c3-c3ccccc3C43c4ccccc4C(c4ccccc4)(c4ccccc4)c4ccccc43)cc2)cc1. The molecule has 4 nitrogen and oxygen atoms in total. The standard InChI is InChI=1S/C68H45NO.C58H41NO/c1-4-20-46(21-5-1)47-38-42-51(43-39-47)69(52-44-40-48(41-45-52)53-28-18-29-55-54-26-11-17-37-64(54)70-66(53)55)63-36-19-35-62-65(63)56-27-10-12-30-57(56)68(62)60-33-15-13-31-58(60)67(49-22-6-2-7-23-49,50-24-8-3-9-25-50)59-32-14-16-34-61(59)68;1-57(2)48-23-9-11-25-50(48)58(51-26-12-10-24-49(51)57)47-22-8-6-19-46(47)55-52(58)27-15-28-53(55)59(41-34-30-39(31-35-41)38-16-4-3-5-17-38)42-36-32-40(33-37-42)43-20-14-21-45-44-18-7-13-29-54(44)60-56(43)45/h1-45H;3-37H,1-2H3. The summed E-state index contributed by atoms with van der Waals surface area (Å²) in [5.74, 6) is 0. The summed E-state index contributed by atoms with van der Waals surface area (Å²) in [7, 11) is 0. The highest BCUT2D eigenvalue weighted by Crippen LogP contribution is 2.68. The highest BCUT2D eigenvalue weighted by atomic mass is 16.3. The van der Waals surface area contributed by atoms with Gasteiger partial charge < -0.3 is 18.6 Å². The van der Waals surface area contributed by atoms with Crippen LogP contribution in [0.15, 0.2) is 494 Å². The van der Waals surface area contributed by atoms with Crippen molar-refractivity contribution in [2.45, 2.75) is 35.5 Å². The van der Waals surface area contributed by atoms with Crippen molar-refractivity contribution in [3.63, 3.8) is 0 Å². The normalized spacial score (nSPS) is 13.9. The van der Waals surface area contributed by atoms with E-state index in [0.717, 1.165) is 100 Å². The Hall–Kier alpha value is -16.4. The zero-order valence-electron chi connectivity index (χ0n) is 71.9. The van der Waals surface area contributed by atoms with E-state index in [4.69, 9.17) is 8.83 Å². The van der Waals surface area contributed by atoms with Gasteiger partial charge in [0.1, 0.15) is 22.3 Å². The molecule has 22 aromatic rings. The first kappa shape index (κ1) is 76.1. The van der Waals surface area contributed by atoms with Gasteiger partial charge in [0, 0.05) is 72.0 Å². The van der Waals surface area contributed by atoms with Gasteiger partial charge in [-0.2, -0.15) is 0 Å². The van der Waals surface area contributed by atoms with E-state index in [1.807, 2.05) is 12.1 Å². The zero-order chi connectivity index (χ0) is 86.2. The van der Waals surface area contributed by atoms with Crippen LogP contribution >= 0.6 is 0 Å². The van der Waals surface area contributed by atoms with Crippen molar-refractivity contribution < 1.29 is 8.83 Å². The van der Waals surface area contributed by atoms with E-state index in [1.165, 1.54) is 122 Å². The molecule has 4 aliphatic carbocycles. The molecule has 0 saturated heterocycles. The Morgan fingerprint density at radius 1 is 0.177 bits per heavy atom. The number of benzene rings is 20. The van der Waals surface area contributed by atoms with Gasteiger partial charge in [-0.1, -0.05) is 426 Å². The second-order valence-electron chi connectivity index (χ2n) is 35.4. The Morgan fingerprint density at radius 2 is 0.431 bits per heavy atom. The van der Waals surface area contributed by atoms with E-state index in [2.05, 4.69) is 497 Å². The van der Waals surface area contributed by atoms with E-state index in [9.17, 15) is 0 Å². The van der Waals surface area contributed by atoms with Crippen molar-refractivity contribution in [3.05, 3.63) is 563 Å². The molecular formula is C126H86N2O2. The van der Waals surface area contributed by atoms with Crippen LogP contribution in [-0.2, 0) is 21.7 Å². The molecule has 0 radical (unpaired) electrons. The quantitative estimate of drug-likeness (QED) is 0.122. The molecule has 0 aliphatic heterocycles. The molecule has 4 aliphatic rings. The van der Waals surface area contributed by atoms with E-state index in [0.29, 0.717) is 0 Å². The summed E-state index contributed by atoms with van der Waals surface area (Å²) >= 11 is 0. The number of fused-ring (bicyclic) bond motifs is 24. The topological polar surface area (TPSA) is 32.8 Å². The van der Waals surface area contributed by atoms with Gasteiger partial charge in [0.05, 0.1) is 27.6 Å². The summed E-state index contributed by atoms with van der Waals surface area (Å²) in [6, 6.07) is 178. The monoisotopic (exact) mass is 1660 g/mol. The van der Waals surface area contributed by atoms with Crippen LogP contribution < -0.4 is 9.80 Å². The van der Waals surface area contributed by atoms with Crippen molar-refractivity contribution in [3.8, 4) is 66.8 Å². The average Bonchev–Trinajstić information content (AvgIpc) is 1.78. The molecule has 2 heterocycles. The fourth-order valence-corrected chi connectivity index (χ4v) is 23.1. The Bertz CT molecular complexity index is 8030. The van der Waals surface area contributed by atoms with Crippen LogP contribution in [0.1, 0.15) is 91.7 Å². The molecule has 0 atom stereocenters. The first-order valence-electron chi connectivity index (χ1n) is 45.2. The summed E-state index contributed by atoms with van der Waals surface area (Å²) in [4.78, 5) is 4.92. The predicted octanol–water partition coefficient (Wildman–Crippen LogP) is 32.8. The van der Waals surface area contributed by atoms with Crippen molar-refractivity contribution in [1.82, 2.24) is 0 Å². The highest BCUT2D eigenvalue weighted by molar-refractivity contribution is 6.11. The summed E-state index contributed by atoms with van der Waals surface area (Å²) in [6.07, 6.45) is 0. The molecule has 0 unspecified atom stereocenters. The van der Waals surface area contributed by atoms with Gasteiger partial charge in [0.25, 0.3) is 0 Å². The molecule has 0 saturated carbocycles. The third kappa shape index (κ3) is 11.3. The summed E-state index contributed by atoms with van der Waals surface area (Å²) in [5.41, 5.74) is 40.9. The van der Waals surface area contributed by atoms with Gasteiger partial charge in [0.2, 0.25) is 0 Å². The fraction of sp³-hybridized carbons (Fsp3) is 0.0476. The van der Waals surface area contributed by atoms with Crippen LogP contribution in [0, 0.1) is 0 Å². The van der Waals surface area contributed by atoms with E-state index in [-0.39, 0.29) is 5.41 Å². The summed E-state index contributed by atoms with van der Waals surface area (Å²) in [5, 5.41) is 4.53. The maximum atomic E-state index is 6.54. The molecule has 0 fully saturated rings. The lowest BCUT2D eigenvalue weighted by molar-refractivity contribution is 0.563. The van der Waals surface area contributed by atoms with Gasteiger partial charge in [-0.25, -0.2) is 0 Å². The second kappa shape index (κ2) is 30.2. The van der Waals surface area contributed by atoms with Gasteiger partial charge in [-0.15, -0.1) is 0 Å². The molecule has 612 valence electrons. The first-order chi connectivity index (χ1) is 64.3. The maximum Gasteiger partial charge on any atom is 0.143 e. The largest absolute Gasteiger partial charge is 0.455 e. The van der Waals surface area contributed by atoms with Crippen molar-refractivity contribution >= 4 is 78.0 Å². The smallest absolute Gasteiger partial charge is 0.143 e. The molecule has 0 N–H and O–H groups in total. The Labute approximate surface area is 756 Å². The Kier molecular flexibility index (Phi) is 17.7. The maximum absolute atomic E-state index is 6.54. The van der Waals surface area contributed by atoms with Crippen LogP contribution in [0.3, 0.4) is 0 Å². The predicted molar refractivity (Wildman–Crippen MR) is 537 cm³/mol. The minimum absolute atomic E-state index is 0.158. The van der Waals surface area contributed by atoms with Crippen LogP contribution in [0.5, 0.6) is 0 Å². The zero-order valence-corrected chi connectivity index (χ0v) is 71.9. The molecule has 0 bridgehead atoms. The molecule has 20 aromatic carbocycles. The lowest BCUT2D eigenvalue weighted by Crippen LogP contribution is -2.44. The molecule has 0 amide bonds. The molecular weight excluding hydrogens is 1570 g/mol. The molecule has 130 heavy (non-hydrogen) atoms. The number of rotatable bonds is 12. The average molecular weight is 1660 g/mol. The number of nitrogens with zero attached hydrogens (tertiary/aromatic N) is 2. The van der Waals surface area contributed by atoms with Crippen LogP contribution in [-0.4, -0.2) is 0 Å². The number of hydrogen-bond acceptors (Lipinski definition) is 4. The summed E-state index contributed by atoms with van der Waals surface area (Å²) < 4.78 is 13.0. The fourth-order valence-electron chi connectivity index (χ4n) is 23.1. The van der Waals surface area contributed by atoms with Crippen molar-refractivity contribution in [1.29, 1.82) is 0 Å². The number of hydrogen-bond donors (Lipinski definition) is 0. The van der Waals surface area contributed by atoms with E-state index in [1.54, 1.807) is 0 Å². The van der Waals surface area contributed by atoms with Crippen LogP contribution in [0.4, 0.5) is 34.1 Å². The van der Waals surface area contributed by atoms with Gasteiger partial charge >= 0.3 is 0 Å². The molecule has 26 rings (SSSR count). The van der Waals surface area contributed by atoms with Crippen molar-refractivity contribution in [2.24, 2.45) is 0 Å². The van der Waals surface area contributed by atoms with Crippen molar-refractivity contribution in [2.75, 3.05) is 9.80 Å². The third-order valence-corrected chi connectivity index (χ3v) is 28.6. The minimum Gasteiger partial charge on any atom is -0.455 e. The van der Waals surface area contributed by atoms with E-state index < -0.39 is 16.2 Å². The number of furan rings is 2.